The molecule has 1 atom stereocenters. The third-order valence-electron chi connectivity index (χ3n) is 6.29. The second kappa shape index (κ2) is 8.24. The number of hydrogen-bond acceptors (Lipinski definition) is 4. The highest BCUT2D eigenvalue weighted by atomic mass is 32.1. The van der Waals surface area contributed by atoms with E-state index in [1.165, 1.54) is 59.7 Å². The highest BCUT2D eigenvalue weighted by molar-refractivity contribution is 7.19. The minimum atomic E-state index is 0.723. The van der Waals surface area contributed by atoms with E-state index in [1.807, 2.05) is 11.3 Å². The van der Waals surface area contributed by atoms with Crippen LogP contribution in [0.4, 0.5) is 5.69 Å². The predicted octanol–water partition coefficient (Wildman–Crippen LogP) is 4.69. The molecule has 2 fully saturated rings. The summed E-state index contributed by atoms with van der Waals surface area (Å²) in [6.07, 6.45) is 2.68. The fraction of sp³-hybridized carbons (Fsp3) is 0.417. The maximum Gasteiger partial charge on any atom is 0.0367 e. The Bertz CT molecular complexity index is 865. The number of anilines is 1. The van der Waals surface area contributed by atoms with Crippen molar-refractivity contribution in [3.63, 3.8) is 0 Å². The van der Waals surface area contributed by atoms with Gasteiger partial charge in [0.2, 0.25) is 0 Å². The molecule has 1 unspecified atom stereocenters. The van der Waals surface area contributed by atoms with Crippen LogP contribution in [0.3, 0.4) is 0 Å². The molecule has 5 rings (SSSR count). The lowest BCUT2D eigenvalue weighted by atomic mass is 10.0. The number of para-hydroxylation sites is 1. The van der Waals surface area contributed by atoms with Crippen LogP contribution in [0.2, 0.25) is 0 Å². The van der Waals surface area contributed by atoms with Crippen molar-refractivity contribution in [2.75, 3.05) is 44.2 Å². The maximum absolute atomic E-state index is 2.75. The van der Waals surface area contributed by atoms with Crippen molar-refractivity contribution in [1.82, 2.24) is 9.80 Å². The Labute approximate surface area is 172 Å². The van der Waals surface area contributed by atoms with Gasteiger partial charge in [0.15, 0.2) is 0 Å². The quantitative estimate of drug-likeness (QED) is 0.639. The highest BCUT2D eigenvalue weighted by Crippen LogP contribution is 2.28. The van der Waals surface area contributed by atoms with Crippen LogP contribution < -0.4 is 4.90 Å². The summed E-state index contributed by atoms with van der Waals surface area (Å²) < 4.78 is 1.42. The molecular formula is C24H29N3S. The van der Waals surface area contributed by atoms with E-state index in [-0.39, 0.29) is 0 Å². The Hall–Kier alpha value is -1.88. The van der Waals surface area contributed by atoms with E-state index < -0.39 is 0 Å². The largest absolute Gasteiger partial charge is 0.369 e. The highest BCUT2D eigenvalue weighted by Gasteiger charge is 2.28. The molecule has 146 valence electrons. The molecule has 0 amide bonds. The molecule has 1 aromatic heterocycles. The Balaban J connectivity index is 1.18. The number of fused-ring (bicyclic) bond motifs is 1. The molecule has 0 aliphatic carbocycles. The van der Waals surface area contributed by atoms with Crippen molar-refractivity contribution in [3.05, 3.63) is 65.5 Å². The second-order valence-electron chi connectivity index (χ2n) is 8.14. The Morgan fingerprint density at radius 1 is 0.857 bits per heavy atom. The third-order valence-corrected chi connectivity index (χ3v) is 7.39. The summed E-state index contributed by atoms with van der Waals surface area (Å²) in [5.41, 5.74) is 1.37. The number of nitrogens with zero attached hydrogens (tertiary/aromatic N) is 3. The number of rotatable bonds is 4. The van der Waals surface area contributed by atoms with E-state index in [2.05, 4.69) is 75.4 Å². The van der Waals surface area contributed by atoms with Crippen molar-refractivity contribution < 1.29 is 0 Å². The summed E-state index contributed by atoms with van der Waals surface area (Å²) in [7, 11) is 0. The molecule has 2 saturated heterocycles. The lowest BCUT2D eigenvalue weighted by Gasteiger charge is -2.44. The number of likely N-dealkylation sites (tertiary alicyclic amines) is 1. The fourth-order valence-corrected chi connectivity index (χ4v) is 5.90. The average molecular weight is 392 g/mol. The predicted molar refractivity (Wildman–Crippen MR) is 120 cm³/mol. The number of hydrogen-bond donors (Lipinski definition) is 0. The fourth-order valence-electron chi connectivity index (χ4n) is 4.79. The second-order valence-corrected chi connectivity index (χ2v) is 9.31. The monoisotopic (exact) mass is 391 g/mol. The van der Waals surface area contributed by atoms with Crippen LogP contribution in [-0.2, 0) is 6.54 Å². The Morgan fingerprint density at radius 2 is 1.64 bits per heavy atom. The zero-order valence-electron chi connectivity index (χ0n) is 16.5. The standard InChI is InChI=1S/C24H29N3S/c1-2-8-21(9-3-1)26-13-15-27(16-14-26)22-10-6-12-25(18-22)19-23-17-20-7-4-5-11-24(20)28-23/h1-5,7-9,11,17,22H,6,10,12-16,18-19H2. The lowest BCUT2D eigenvalue weighted by Crippen LogP contribution is -2.55. The first kappa shape index (κ1) is 18.2. The van der Waals surface area contributed by atoms with E-state index in [0.717, 1.165) is 25.7 Å². The normalized spacial score (nSPS) is 22.0. The van der Waals surface area contributed by atoms with Crippen LogP contribution in [0, 0.1) is 0 Å². The average Bonchev–Trinajstić information content (AvgIpc) is 3.17. The molecule has 3 nitrogen and oxygen atoms in total. The van der Waals surface area contributed by atoms with Gasteiger partial charge in [-0.1, -0.05) is 36.4 Å². The Kier molecular flexibility index (Phi) is 5.34. The molecule has 3 heterocycles. The number of thiophene rings is 1. The van der Waals surface area contributed by atoms with Gasteiger partial charge in [-0.15, -0.1) is 11.3 Å². The molecule has 4 heteroatoms. The van der Waals surface area contributed by atoms with Gasteiger partial charge < -0.3 is 4.90 Å². The van der Waals surface area contributed by atoms with Gasteiger partial charge in [0.1, 0.15) is 0 Å². The smallest absolute Gasteiger partial charge is 0.0367 e. The first-order chi connectivity index (χ1) is 13.8. The van der Waals surface area contributed by atoms with Crippen LogP contribution in [0.15, 0.2) is 60.7 Å². The van der Waals surface area contributed by atoms with Gasteiger partial charge in [-0.25, -0.2) is 0 Å². The van der Waals surface area contributed by atoms with E-state index in [4.69, 9.17) is 0 Å². The molecule has 0 bridgehead atoms. The zero-order chi connectivity index (χ0) is 18.8. The van der Waals surface area contributed by atoms with Crippen molar-refractivity contribution in [1.29, 1.82) is 0 Å². The first-order valence-corrected chi connectivity index (χ1v) is 11.4. The summed E-state index contributed by atoms with van der Waals surface area (Å²) in [5, 5.41) is 1.40. The maximum atomic E-state index is 2.75. The number of piperazine rings is 1. The summed E-state index contributed by atoms with van der Waals surface area (Å²) in [5.74, 6) is 0. The van der Waals surface area contributed by atoms with Crippen molar-refractivity contribution in [2.45, 2.75) is 25.4 Å². The van der Waals surface area contributed by atoms with Crippen molar-refractivity contribution in [3.8, 4) is 0 Å². The molecule has 2 aliphatic rings. The molecule has 28 heavy (non-hydrogen) atoms. The van der Waals surface area contributed by atoms with Gasteiger partial charge in [0.05, 0.1) is 0 Å². The van der Waals surface area contributed by atoms with Gasteiger partial charge in [0, 0.05) is 60.6 Å². The molecule has 0 N–H and O–H groups in total. The van der Waals surface area contributed by atoms with E-state index >= 15 is 0 Å². The summed E-state index contributed by atoms with van der Waals surface area (Å²) >= 11 is 1.96. The minimum Gasteiger partial charge on any atom is -0.369 e. The van der Waals surface area contributed by atoms with E-state index in [0.29, 0.717) is 0 Å². The lowest BCUT2D eigenvalue weighted by molar-refractivity contribution is 0.0893. The molecule has 2 aliphatic heterocycles. The molecule has 0 saturated carbocycles. The van der Waals surface area contributed by atoms with Crippen molar-refractivity contribution >= 4 is 27.1 Å². The molecule has 0 radical (unpaired) electrons. The van der Waals surface area contributed by atoms with Crippen molar-refractivity contribution in [2.24, 2.45) is 0 Å². The third kappa shape index (κ3) is 3.95. The van der Waals surface area contributed by atoms with Crippen LogP contribution in [0.1, 0.15) is 17.7 Å². The summed E-state index contributed by atoms with van der Waals surface area (Å²) in [6.45, 7) is 8.26. The topological polar surface area (TPSA) is 9.72 Å². The molecule has 2 aromatic carbocycles. The van der Waals surface area contributed by atoms with E-state index in [1.54, 1.807) is 0 Å². The van der Waals surface area contributed by atoms with E-state index in [9.17, 15) is 0 Å². The molecule has 3 aromatic rings. The number of piperidine rings is 1. The van der Waals surface area contributed by atoms with Crippen LogP contribution >= 0.6 is 11.3 Å². The SMILES string of the molecule is c1ccc(N2CCN(C3CCCN(Cc4cc5ccccc5s4)C3)CC2)cc1. The van der Waals surface area contributed by atoms with Crippen LogP contribution in [0.25, 0.3) is 10.1 Å². The molecular weight excluding hydrogens is 362 g/mol. The van der Waals surface area contributed by atoms with Gasteiger partial charge in [-0.05, 0) is 49.0 Å². The summed E-state index contributed by atoms with van der Waals surface area (Å²) in [6, 6.07) is 22.8. The minimum absolute atomic E-state index is 0.723. The van der Waals surface area contributed by atoms with Gasteiger partial charge in [-0.3, -0.25) is 9.80 Å². The number of benzene rings is 2. The van der Waals surface area contributed by atoms with Crippen LogP contribution in [-0.4, -0.2) is 55.1 Å². The van der Waals surface area contributed by atoms with Gasteiger partial charge >= 0.3 is 0 Å². The first-order valence-electron chi connectivity index (χ1n) is 10.6. The summed E-state index contributed by atoms with van der Waals surface area (Å²) in [4.78, 5) is 9.48. The Morgan fingerprint density at radius 3 is 2.46 bits per heavy atom. The van der Waals surface area contributed by atoms with Gasteiger partial charge in [-0.2, -0.15) is 0 Å². The van der Waals surface area contributed by atoms with Gasteiger partial charge in [0.25, 0.3) is 0 Å². The molecule has 0 spiro atoms. The zero-order valence-corrected chi connectivity index (χ0v) is 17.3. The van der Waals surface area contributed by atoms with Crippen LogP contribution in [0.5, 0.6) is 0 Å².